The van der Waals surface area contributed by atoms with Crippen molar-refractivity contribution < 1.29 is 0 Å². The van der Waals surface area contributed by atoms with Crippen LogP contribution in [0.3, 0.4) is 0 Å². The third-order valence-corrected chi connectivity index (χ3v) is 14.8. The minimum Gasteiger partial charge on any atom is -0.309 e. The molecule has 0 atom stereocenters. The molecule has 0 saturated heterocycles. The van der Waals surface area contributed by atoms with Gasteiger partial charge in [-0.05, 0) is 134 Å². The highest BCUT2D eigenvalue weighted by Crippen LogP contribution is 2.42. The number of benzene rings is 12. The fraction of sp³-hybridized carbons (Fsp3) is 0. The maximum atomic E-state index is 5.40. The third kappa shape index (κ3) is 6.40. The van der Waals surface area contributed by atoms with Crippen molar-refractivity contribution >= 4 is 87.0 Å². The second-order valence-electron chi connectivity index (χ2n) is 19.0. The van der Waals surface area contributed by atoms with Crippen LogP contribution in [0.1, 0.15) is 0 Å². The maximum absolute atomic E-state index is 5.40. The summed E-state index contributed by atoms with van der Waals surface area (Å²) in [5.74, 6) is 0. The fourth-order valence-electron chi connectivity index (χ4n) is 11.4. The average molecular weight is 915 g/mol. The molecule has 0 saturated carbocycles. The quantitative estimate of drug-likeness (QED) is 0.167. The molecule has 0 aliphatic heterocycles. The molecule has 4 nitrogen and oxygen atoms in total. The van der Waals surface area contributed by atoms with Crippen molar-refractivity contribution in [2.24, 2.45) is 0 Å². The summed E-state index contributed by atoms with van der Waals surface area (Å²) in [5.41, 5.74) is 17.1. The van der Waals surface area contributed by atoms with Gasteiger partial charge >= 0.3 is 0 Å². The van der Waals surface area contributed by atoms with Gasteiger partial charge in [0.15, 0.2) is 0 Å². The lowest BCUT2D eigenvalue weighted by Gasteiger charge is -2.15. The lowest BCUT2D eigenvalue weighted by molar-refractivity contribution is 1.17. The molecule has 0 radical (unpaired) electrons. The van der Waals surface area contributed by atoms with Gasteiger partial charge in [0, 0.05) is 49.4 Å². The molecule has 3 heterocycles. The Labute approximate surface area is 415 Å². The second-order valence-corrected chi connectivity index (χ2v) is 19.0. The topological polar surface area (TPSA) is 35.6 Å². The first-order chi connectivity index (χ1) is 35.7. The van der Waals surface area contributed by atoms with Crippen molar-refractivity contribution in [3.8, 4) is 56.1 Å². The zero-order valence-corrected chi connectivity index (χ0v) is 39.0. The molecule has 4 heteroatoms. The van der Waals surface area contributed by atoms with E-state index in [0.717, 1.165) is 83.5 Å². The molecule has 0 aliphatic carbocycles. The monoisotopic (exact) mass is 914 g/mol. The van der Waals surface area contributed by atoms with Crippen molar-refractivity contribution in [2.75, 3.05) is 0 Å². The Balaban J connectivity index is 0.903. The summed E-state index contributed by atoms with van der Waals surface area (Å²) >= 11 is 0. The smallest absolute Gasteiger partial charge is 0.0973 e. The summed E-state index contributed by atoms with van der Waals surface area (Å²) in [4.78, 5) is 10.8. The van der Waals surface area contributed by atoms with Crippen LogP contribution < -0.4 is 0 Å². The highest BCUT2D eigenvalue weighted by molar-refractivity contribution is 6.19. The van der Waals surface area contributed by atoms with E-state index in [-0.39, 0.29) is 0 Å². The molecule has 72 heavy (non-hydrogen) atoms. The number of para-hydroxylation sites is 3. The number of hydrogen-bond donors (Lipinski definition) is 0. The summed E-state index contributed by atoms with van der Waals surface area (Å²) in [5, 5.41) is 12.1. The van der Waals surface area contributed by atoms with Gasteiger partial charge in [0.1, 0.15) is 0 Å². The van der Waals surface area contributed by atoms with Crippen LogP contribution >= 0.6 is 0 Å². The van der Waals surface area contributed by atoms with E-state index < -0.39 is 0 Å². The van der Waals surface area contributed by atoms with E-state index in [2.05, 4.69) is 252 Å². The number of aromatic nitrogens is 4. The van der Waals surface area contributed by atoms with Gasteiger partial charge in [-0.3, -0.25) is 0 Å². The lowest BCUT2D eigenvalue weighted by Crippen LogP contribution is -1.97. The Morgan fingerprint density at radius 3 is 1.50 bits per heavy atom. The highest BCUT2D eigenvalue weighted by Gasteiger charge is 2.21. The summed E-state index contributed by atoms with van der Waals surface area (Å²) < 4.78 is 4.92. The zero-order valence-electron chi connectivity index (χ0n) is 39.0. The molecule has 334 valence electrons. The first kappa shape index (κ1) is 40.3. The summed E-state index contributed by atoms with van der Waals surface area (Å²) in [6, 6.07) is 92.4. The molecule has 15 aromatic rings. The molecule has 15 rings (SSSR count). The van der Waals surface area contributed by atoms with E-state index in [1.807, 2.05) is 12.1 Å². The van der Waals surface area contributed by atoms with Crippen LogP contribution in [0.2, 0.25) is 0 Å². The Hall–Kier alpha value is -9.64. The summed E-state index contributed by atoms with van der Waals surface area (Å²) in [6.07, 6.45) is 0. The highest BCUT2D eigenvalue weighted by atomic mass is 15.0. The predicted octanol–water partition coefficient (Wildman–Crippen LogP) is 18.0. The van der Waals surface area contributed by atoms with Crippen molar-refractivity contribution in [1.29, 1.82) is 0 Å². The van der Waals surface area contributed by atoms with Gasteiger partial charge in [-0.25, -0.2) is 9.97 Å². The molecule has 0 unspecified atom stereocenters. The van der Waals surface area contributed by atoms with E-state index in [9.17, 15) is 0 Å². The molecule has 3 aromatic heterocycles. The minimum absolute atomic E-state index is 0.852. The van der Waals surface area contributed by atoms with E-state index >= 15 is 0 Å². The van der Waals surface area contributed by atoms with Crippen molar-refractivity contribution in [3.63, 3.8) is 0 Å². The first-order valence-corrected chi connectivity index (χ1v) is 24.6. The lowest BCUT2D eigenvalue weighted by atomic mass is 9.93. The maximum Gasteiger partial charge on any atom is 0.0973 e. The van der Waals surface area contributed by atoms with Crippen LogP contribution in [-0.4, -0.2) is 19.1 Å². The van der Waals surface area contributed by atoms with Gasteiger partial charge < -0.3 is 9.13 Å². The van der Waals surface area contributed by atoms with Gasteiger partial charge in [-0.15, -0.1) is 0 Å². The number of fused-ring (bicyclic) bond motifs is 11. The van der Waals surface area contributed by atoms with Crippen molar-refractivity contribution in [1.82, 2.24) is 19.1 Å². The van der Waals surface area contributed by atoms with Gasteiger partial charge in [-0.2, -0.15) is 0 Å². The summed E-state index contributed by atoms with van der Waals surface area (Å²) in [6.45, 7) is 0. The van der Waals surface area contributed by atoms with Crippen molar-refractivity contribution in [3.05, 3.63) is 255 Å². The summed E-state index contributed by atoms with van der Waals surface area (Å²) in [7, 11) is 0. The third-order valence-electron chi connectivity index (χ3n) is 14.8. The Morgan fingerprint density at radius 1 is 0.236 bits per heavy atom. The number of nitrogens with zero attached hydrogens (tertiary/aromatic N) is 4. The minimum atomic E-state index is 0.852. The van der Waals surface area contributed by atoms with Crippen molar-refractivity contribution in [2.45, 2.75) is 0 Å². The Morgan fingerprint density at radius 2 is 0.750 bits per heavy atom. The van der Waals surface area contributed by atoms with E-state index in [4.69, 9.17) is 9.97 Å². The number of rotatable bonds is 6. The van der Waals surface area contributed by atoms with Crippen LogP contribution in [0.5, 0.6) is 0 Å². The number of hydrogen-bond acceptors (Lipinski definition) is 2. The van der Waals surface area contributed by atoms with Gasteiger partial charge in [-0.1, -0.05) is 170 Å². The molecule has 0 amide bonds. The normalized spacial score (nSPS) is 11.9. The van der Waals surface area contributed by atoms with Gasteiger partial charge in [0.25, 0.3) is 0 Å². The second kappa shape index (κ2) is 16.0. The first-order valence-electron chi connectivity index (χ1n) is 24.6. The zero-order chi connectivity index (χ0) is 47.3. The Kier molecular flexibility index (Phi) is 8.92. The van der Waals surface area contributed by atoms with Gasteiger partial charge in [0.05, 0.1) is 44.5 Å². The van der Waals surface area contributed by atoms with Crippen LogP contribution in [0.25, 0.3) is 143 Å². The van der Waals surface area contributed by atoms with E-state index in [1.54, 1.807) is 0 Å². The van der Waals surface area contributed by atoms with E-state index in [1.165, 1.54) is 59.6 Å². The fourth-order valence-corrected chi connectivity index (χ4v) is 11.4. The van der Waals surface area contributed by atoms with Crippen LogP contribution in [0.4, 0.5) is 0 Å². The SMILES string of the molecule is c1ccc(-c2cc(-c3ccccc3)cc(-c3nc4ccccc4nc3-c3ccc4cc(-n5c6ccc(-n7c8ccccc8c8ccc9ccccc9c87)cc6c6cc7ccccc7cc65)ccc4c3)c2)cc1. The molecular weight excluding hydrogens is 873 g/mol. The van der Waals surface area contributed by atoms with Crippen LogP contribution in [-0.2, 0) is 0 Å². The average Bonchev–Trinajstić information content (AvgIpc) is 3.96. The van der Waals surface area contributed by atoms with Gasteiger partial charge in [0.2, 0.25) is 0 Å². The molecule has 0 spiro atoms. The standard InChI is InChI=1S/C68H42N4/c1-3-15-43(16-4-1)51-36-52(44-17-5-2-6-18-44)38-53(37-51)67-66(69-61-24-12-13-25-62(61)70-67)50-28-27-49-39-54(31-29-48(49)35-50)71-64-34-32-55(42-60(64)59-40-46-20-7-8-21-47(46)41-65(59)71)72-63-26-14-11-23-57(63)58-33-30-45-19-9-10-22-56(45)68(58)72/h1-42H. The molecule has 0 fully saturated rings. The predicted molar refractivity (Wildman–Crippen MR) is 302 cm³/mol. The van der Waals surface area contributed by atoms with E-state index in [0.29, 0.717) is 0 Å². The largest absolute Gasteiger partial charge is 0.309 e. The molecule has 0 N–H and O–H groups in total. The van der Waals surface area contributed by atoms with Crippen LogP contribution in [0.15, 0.2) is 255 Å². The Bertz CT molecular complexity index is 4620. The molecule has 0 bridgehead atoms. The van der Waals surface area contributed by atoms with Crippen LogP contribution in [0, 0.1) is 0 Å². The molecular formula is C68H42N4. The molecule has 0 aliphatic rings. The molecule has 12 aromatic carbocycles.